The summed E-state index contributed by atoms with van der Waals surface area (Å²) in [5, 5.41) is 6.02. The standard InChI is InChI=1S/C51H61F5N8O7S/c1-29-20-35-34(22-58-64(35)36-8-6-7-19-68-36)38(40(29)51(54,55)56)41-42-33(12-16-57-41)39-43(62-23-31-9-10-32(24-62)63(31)46(66)71-47(2,3)4)59-45(60-44(39)72-42)69-28-48(26-50(48,52)53)27-61-17-14-49(15-18-61)13-11-30(25-70-49)21-37(65)67-5/h12,16,20,22,30-32,36H,6-11,13-15,17-19,21,23-28H2,1-5H3/t30-,31?,32?,36?,48+/m0/s1. The molecular weight excluding hydrogens is 964 g/mol. The van der Waals surface area contributed by atoms with Crippen LogP contribution in [0.3, 0.4) is 0 Å². The van der Waals surface area contributed by atoms with Gasteiger partial charge in [-0.15, -0.1) is 11.3 Å². The third-order valence-electron chi connectivity index (χ3n) is 15.9. The van der Waals surface area contributed by atoms with Crippen molar-refractivity contribution >= 4 is 60.4 Å². The molecule has 2 bridgehead atoms. The van der Waals surface area contributed by atoms with Crippen LogP contribution in [0.4, 0.5) is 32.6 Å². The van der Waals surface area contributed by atoms with Crippen LogP contribution < -0.4 is 9.64 Å². The van der Waals surface area contributed by atoms with Crippen LogP contribution in [0.5, 0.6) is 6.01 Å². The summed E-state index contributed by atoms with van der Waals surface area (Å²) in [5.41, 5.74) is -2.86. The largest absolute Gasteiger partial charge is 0.469 e. The monoisotopic (exact) mass is 1020 g/mol. The van der Waals surface area contributed by atoms with E-state index in [1.54, 1.807) is 15.6 Å². The van der Waals surface area contributed by atoms with Gasteiger partial charge < -0.3 is 33.5 Å². The number of halogens is 5. The van der Waals surface area contributed by atoms with E-state index in [0.717, 1.165) is 49.9 Å². The highest BCUT2D eigenvalue weighted by Crippen LogP contribution is 2.61. The molecule has 11 rings (SSSR count). The van der Waals surface area contributed by atoms with Crippen LogP contribution in [0.15, 0.2) is 24.5 Å². The Labute approximate surface area is 417 Å². The number of anilines is 1. The Morgan fingerprint density at radius 3 is 2.38 bits per heavy atom. The highest BCUT2D eigenvalue weighted by atomic mass is 32.1. The zero-order valence-electron chi connectivity index (χ0n) is 41.3. The normalized spacial score (nSPS) is 26.5. The molecule has 6 fully saturated rings. The molecule has 0 N–H and O–H groups in total. The molecule has 5 atom stereocenters. The van der Waals surface area contributed by atoms with Crippen molar-refractivity contribution in [1.29, 1.82) is 0 Å². The summed E-state index contributed by atoms with van der Waals surface area (Å²) in [4.78, 5) is 46.3. The number of piperidine rings is 1. The number of fused-ring (bicyclic) bond motifs is 6. The number of aryl methyl sites for hydroxylation is 1. The van der Waals surface area contributed by atoms with Crippen molar-refractivity contribution in [3.8, 4) is 17.3 Å². The van der Waals surface area contributed by atoms with Gasteiger partial charge in [-0.1, -0.05) is 0 Å². The first-order valence-electron chi connectivity index (χ1n) is 25.2. The minimum atomic E-state index is -4.76. The molecule has 72 heavy (non-hydrogen) atoms. The zero-order chi connectivity index (χ0) is 50.5. The molecule has 5 saturated heterocycles. The van der Waals surface area contributed by atoms with Gasteiger partial charge in [-0.2, -0.15) is 28.2 Å². The third kappa shape index (κ3) is 9.00. The number of benzene rings is 1. The van der Waals surface area contributed by atoms with Crippen molar-refractivity contribution < 1.29 is 55.2 Å². The number of esters is 1. The van der Waals surface area contributed by atoms with Crippen LogP contribution in [0.2, 0.25) is 0 Å². The summed E-state index contributed by atoms with van der Waals surface area (Å²) in [5.74, 6) is -2.73. The Bertz CT molecular complexity index is 2890. The van der Waals surface area contributed by atoms with Crippen LogP contribution >= 0.6 is 11.3 Å². The van der Waals surface area contributed by atoms with Crippen LogP contribution in [0.1, 0.15) is 109 Å². The van der Waals surface area contributed by atoms with Crippen molar-refractivity contribution in [3.63, 3.8) is 0 Å². The van der Waals surface area contributed by atoms with E-state index < -0.39 is 41.0 Å². The lowest BCUT2D eigenvalue weighted by Crippen LogP contribution is -2.57. The first-order chi connectivity index (χ1) is 34.2. The fourth-order valence-corrected chi connectivity index (χ4v) is 13.2. The average molecular weight is 1030 g/mol. The van der Waals surface area contributed by atoms with E-state index in [1.165, 1.54) is 32.5 Å². The van der Waals surface area contributed by atoms with E-state index >= 15 is 22.0 Å². The number of hydrogen-bond acceptors (Lipinski definition) is 14. The van der Waals surface area contributed by atoms with Gasteiger partial charge in [-0.25, -0.2) is 18.3 Å². The van der Waals surface area contributed by atoms with Gasteiger partial charge >= 0.3 is 24.2 Å². The quantitative estimate of drug-likeness (QED) is 0.0967. The number of carbonyl (C=O) groups is 2. The minimum absolute atomic E-state index is 0.0137. The van der Waals surface area contributed by atoms with Gasteiger partial charge in [0.2, 0.25) is 0 Å². The molecule has 1 aliphatic carbocycles. The number of aromatic nitrogens is 5. The molecule has 5 aromatic rings. The van der Waals surface area contributed by atoms with Crippen molar-refractivity contribution in [2.75, 3.05) is 64.6 Å². The summed E-state index contributed by atoms with van der Waals surface area (Å²) in [6.45, 7) is 9.51. The van der Waals surface area contributed by atoms with Crippen molar-refractivity contribution in [3.05, 3.63) is 35.7 Å². The number of likely N-dealkylation sites (tertiary alicyclic amines) is 1. The summed E-state index contributed by atoms with van der Waals surface area (Å²) >= 11 is 1.15. The van der Waals surface area contributed by atoms with Gasteiger partial charge in [-0.3, -0.25) is 14.7 Å². The lowest BCUT2D eigenvalue weighted by molar-refractivity contribution is -0.151. The predicted molar refractivity (Wildman–Crippen MR) is 258 cm³/mol. The van der Waals surface area contributed by atoms with Crippen molar-refractivity contribution in [2.24, 2.45) is 11.3 Å². The number of nitrogens with zero attached hydrogens (tertiary/aromatic N) is 8. The summed E-state index contributed by atoms with van der Waals surface area (Å²) in [7, 11) is 1.38. The molecule has 1 spiro atoms. The second-order valence-electron chi connectivity index (χ2n) is 22.0. The van der Waals surface area contributed by atoms with E-state index in [-0.39, 0.29) is 77.4 Å². The summed E-state index contributed by atoms with van der Waals surface area (Å²) in [6, 6.07) is 2.68. The van der Waals surface area contributed by atoms with Crippen LogP contribution in [-0.2, 0) is 29.9 Å². The van der Waals surface area contributed by atoms with Crippen molar-refractivity contribution in [2.45, 2.75) is 140 Å². The van der Waals surface area contributed by atoms with Crippen molar-refractivity contribution in [1.82, 2.24) is 34.5 Å². The molecular formula is C51H61F5N8O7S. The number of alkyl halides is 5. The Hall–Kier alpha value is -4.99. The second-order valence-corrected chi connectivity index (χ2v) is 23.0. The fourth-order valence-electron chi connectivity index (χ4n) is 12.1. The van der Waals surface area contributed by atoms with E-state index in [9.17, 15) is 9.59 Å². The number of thiophene rings is 1. The van der Waals surface area contributed by atoms with Gasteiger partial charge in [0.1, 0.15) is 22.9 Å². The molecule has 15 nitrogen and oxygen atoms in total. The molecule has 6 aliphatic rings. The maximum Gasteiger partial charge on any atom is 0.417 e. The predicted octanol–water partition coefficient (Wildman–Crippen LogP) is 10.1. The van der Waals surface area contributed by atoms with Crippen LogP contribution in [0, 0.1) is 18.3 Å². The first-order valence-corrected chi connectivity index (χ1v) is 26.1. The molecule has 5 aliphatic heterocycles. The average Bonchev–Trinajstić information content (AvgIpc) is 3.70. The number of ether oxygens (including phenoxy) is 5. The molecule has 0 radical (unpaired) electrons. The fraction of sp³-hybridized carbons (Fsp3) is 0.647. The SMILES string of the molecule is COC(=O)C[C@@H]1CCC2(CCN(C[C@@]3(COc4nc(N5CC6CCC(C5)N6C(=O)OC(C)(C)C)c5c(n4)sc4c(-c6c(C(F)(F)F)c(C)cc7c6cnn7C6CCCCO6)nccc45)CC3(F)F)CC2)OC1. The lowest BCUT2D eigenvalue weighted by atomic mass is 9.81. The molecule has 388 valence electrons. The Kier molecular flexibility index (Phi) is 12.4. The number of hydrogen-bond donors (Lipinski definition) is 0. The summed E-state index contributed by atoms with van der Waals surface area (Å²) in [6.07, 6.45) is 4.21. The van der Waals surface area contributed by atoms with Gasteiger partial charge in [0.15, 0.2) is 6.23 Å². The topological polar surface area (TPSA) is 146 Å². The Morgan fingerprint density at radius 1 is 0.986 bits per heavy atom. The number of piperazine rings is 1. The van der Waals surface area contributed by atoms with Gasteiger partial charge in [0, 0.05) is 68.3 Å². The van der Waals surface area contributed by atoms with E-state index in [0.29, 0.717) is 96.7 Å². The number of rotatable bonds is 10. The first kappa shape index (κ1) is 49.2. The lowest BCUT2D eigenvalue weighted by Gasteiger charge is -2.46. The molecule has 21 heteroatoms. The maximum absolute atomic E-state index is 15.7. The molecule has 1 saturated carbocycles. The van der Waals surface area contributed by atoms with Crippen LogP contribution in [0.25, 0.3) is 42.5 Å². The third-order valence-corrected chi connectivity index (χ3v) is 17.0. The number of carbonyl (C=O) groups excluding carboxylic acids is 2. The second kappa shape index (κ2) is 18.1. The maximum atomic E-state index is 15.7. The zero-order valence-corrected chi connectivity index (χ0v) is 42.1. The highest BCUT2D eigenvalue weighted by molar-refractivity contribution is 7.26. The smallest absolute Gasteiger partial charge is 0.417 e. The highest BCUT2D eigenvalue weighted by Gasteiger charge is 2.72. The number of methoxy groups -OCH3 is 1. The molecule has 1 amide bonds. The van der Waals surface area contributed by atoms with E-state index in [2.05, 4.69) is 19.9 Å². The Morgan fingerprint density at radius 2 is 1.74 bits per heavy atom. The summed E-state index contributed by atoms with van der Waals surface area (Å²) < 4.78 is 109. The van der Waals surface area contributed by atoms with E-state index in [4.69, 9.17) is 33.7 Å². The molecule has 9 heterocycles. The Balaban J connectivity index is 0.940. The van der Waals surface area contributed by atoms with Gasteiger partial charge in [0.05, 0.1) is 76.3 Å². The van der Waals surface area contributed by atoms with E-state index in [1.807, 2.05) is 20.8 Å². The molecule has 3 unspecified atom stereocenters. The molecule has 4 aromatic heterocycles. The van der Waals surface area contributed by atoms with Crippen LogP contribution in [-0.4, -0.2) is 135 Å². The van der Waals surface area contributed by atoms with Gasteiger partial charge in [0.25, 0.3) is 5.92 Å². The van der Waals surface area contributed by atoms with Gasteiger partial charge in [-0.05, 0) is 109 Å². The number of pyridine rings is 1. The minimum Gasteiger partial charge on any atom is -0.469 e. The number of amides is 1. The molecule has 1 aromatic carbocycles.